The van der Waals surface area contributed by atoms with Crippen LogP contribution in [0.15, 0.2) is 83.3 Å². The number of cyclic esters (lactones) is 1. The van der Waals surface area contributed by atoms with Crippen molar-refractivity contribution in [3.63, 3.8) is 0 Å². The van der Waals surface area contributed by atoms with Crippen LogP contribution in [0.4, 0.5) is 0 Å². The molecule has 1 unspecified atom stereocenters. The van der Waals surface area contributed by atoms with Crippen LogP contribution in [0.1, 0.15) is 84.2 Å². The summed E-state index contributed by atoms with van der Waals surface area (Å²) in [5.74, 6) is -7.34. The maximum atomic E-state index is 14.2. The highest BCUT2D eigenvalue weighted by Crippen LogP contribution is 2.50. The second-order valence-electron chi connectivity index (χ2n) is 16.7. The van der Waals surface area contributed by atoms with Crippen molar-refractivity contribution in [2.24, 2.45) is 11.1 Å². The first-order chi connectivity index (χ1) is 29.5. The van der Waals surface area contributed by atoms with Gasteiger partial charge in [-0.05, 0) is 45.4 Å². The lowest BCUT2D eigenvalue weighted by Crippen LogP contribution is -2.57. The number of oxime groups is 1. The van der Waals surface area contributed by atoms with E-state index in [-0.39, 0.29) is 36.4 Å². The molecule has 0 spiro atoms. The number of Topliss-reactive ketones (excluding diaryl/α,β-unsaturated/α-hetero) is 1. The monoisotopic (exact) mass is 864 g/mol. The van der Waals surface area contributed by atoms with Crippen molar-refractivity contribution < 1.29 is 62.5 Å². The molecule has 5 heterocycles. The molecule has 3 fully saturated rings. The third-order valence-electron chi connectivity index (χ3n) is 11.2. The van der Waals surface area contributed by atoms with E-state index in [0.717, 1.165) is 11.1 Å². The fourth-order valence-electron chi connectivity index (χ4n) is 7.87. The number of hydroxylamine groups is 2. The summed E-state index contributed by atoms with van der Waals surface area (Å²) in [5, 5.41) is 16.3. The number of aryl methyl sites for hydroxylation is 1. The summed E-state index contributed by atoms with van der Waals surface area (Å²) >= 11 is 1.23. The Kier molecular flexibility index (Phi) is 9.70. The number of nitrogens with zero attached hydrogens (tertiary/aromatic N) is 4. The third-order valence-corrected chi connectivity index (χ3v) is 11.9. The normalized spacial score (nSPS) is 23.3. The number of thiazole rings is 1. The van der Waals surface area contributed by atoms with Gasteiger partial charge in [-0.1, -0.05) is 65.8 Å². The SMILES string of the molecule is Cc1nc(/C(=N/OC2(C(=O)O)CC2)C(=O)C[C@H]2CON(C3(C(=O)OC(C)(C)C)C[C@H](N4Cc5cc6c(cc5C4=O)OC(c4ccccc4)(c4ccccc4)O6)C(=O)O3)C2=O)cs1. The average molecular weight is 865 g/mol. The molecule has 2 saturated heterocycles. The number of fused-ring (bicyclic) bond motifs is 2. The molecule has 1 aromatic heterocycles. The van der Waals surface area contributed by atoms with E-state index in [1.54, 1.807) is 45.2 Å². The van der Waals surface area contributed by atoms with Crippen LogP contribution in [0.25, 0.3) is 0 Å². The number of aliphatic carboxylic acids is 1. The van der Waals surface area contributed by atoms with Crippen molar-refractivity contribution in [2.45, 2.75) is 88.7 Å². The summed E-state index contributed by atoms with van der Waals surface area (Å²) in [6.45, 7) is 6.00. The number of benzene rings is 3. The quantitative estimate of drug-likeness (QED) is 0.115. The van der Waals surface area contributed by atoms with E-state index >= 15 is 0 Å². The van der Waals surface area contributed by atoms with Gasteiger partial charge in [-0.15, -0.1) is 11.3 Å². The number of esters is 2. The van der Waals surface area contributed by atoms with E-state index in [4.69, 9.17) is 28.6 Å². The van der Waals surface area contributed by atoms with Crippen molar-refractivity contribution in [1.82, 2.24) is 14.9 Å². The lowest BCUT2D eigenvalue weighted by molar-refractivity contribution is -0.263. The highest BCUT2D eigenvalue weighted by Gasteiger charge is 2.65. The molecule has 4 aromatic rings. The van der Waals surface area contributed by atoms with Gasteiger partial charge in [-0.2, -0.15) is 5.06 Å². The number of hydrogen-bond donors (Lipinski definition) is 1. The Morgan fingerprint density at radius 1 is 0.952 bits per heavy atom. The summed E-state index contributed by atoms with van der Waals surface area (Å²) in [7, 11) is 0. The van der Waals surface area contributed by atoms with Crippen LogP contribution in [0.3, 0.4) is 0 Å². The zero-order chi connectivity index (χ0) is 43.8. The van der Waals surface area contributed by atoms with Crippen LogP contribution in [-0.4, -0.2) is 90.8 Å². The molecule has 18 heteroatoms. The van der Waals surface area contributed by atoms with Crippen molar-refractivity contribution in [2.75, 3.05) is 6.61 Å². The first-order valence-electron chi connectivity index (χ1n) is 19.9. The molecule has 62 heavy (non-hydrogen) atoms. The Balaban J connectivity index is 0.963. The van der Waals surface area contributed by atoms with E-state index < -0.39 is 89.6 Å². The van der Waals surface area contributed by atoms with E-state index in [1.807, 2.05) is 60.7 Å². The van der Waals surface area contributed by atoms with Gasteiger partial charge >= 0.3 is 29.4 Å². The zero-order valence-corrected chi connectivity index (χ0v) is 34.8. The number of ether oxygens (including phenoxy) is 4. The molecule has 3 aromatic carbocycles. The van der Waals surface area contributed by atoms with Crippen molar-refractivity contribution >= 4 is 52.6 Å². The topological polar surface area (TPSA) is 210 Å². The molecule has 9 rings (SSSR count). The highest BCUT2D eigenvalue weighted by atomic mass is 32.1. The van der Waals surface area contributed by atoms with E-state index in [1.165, 1.54) is 16.2 Å². The van der Waals surface area contributed by atoms with Crippen LogP contribution >= 0.6 is 11.3 Å². The molecule has 1 saturated carbocycles. The fraction of sp³-hybridized carbons (Fsp3) is 0.364. The molecule has 3 atom stereocenters. The van der Waals surface area contributed by atoms with Crippen LogP contribution in [0, 0.1) is 12.8 Å². The molecule has 2 amide bonds. The Morgan fingerprint density at radius 3 is 2.18 bits per heavy atom. The minimum Gasteiger partial charge on any atom is -0.478 e. The number of aromatic nitrogens is 1. The second-order valence-corrected chi connectivity index (χ2v) is 17.8. The Hall–Kier alpha value is -6.66. The van der Waals surface area contributed by atoms with E-state index in [9.17, 15) is 33.9 Å². The maximum Gasteiger partial charge on any atom is 0.375 e. The molecule has 1 aliphatic carbocycles. The number of carbonyl (C=O) groups is 6. The number of carboxylic acids is 1. The minimum atomic E-state index is -2.48. The standard InChI is InChI=1S/C44H40N4O13S/c1-24-45-30(23-62-24)35(46-61-42(15-16-42)39(53)54)32(49)17-26-22-56-48(36(26)50)43(40(55)60-41(2,3)4)20-31(38(52)59-43)47-21-25-18-33-34(19-29(25)37(47)51)58-44(57-33,27-11-7-5-8-12-27)28-13-9-6-10-14-28/h5-14,18-19,23,26,31H,15-17,20-22H2,1-4H3,(H,53,54)/b46-35-/t26-,31-,43?/m0/s1. The number of amides is 2. The lowest BCUT2D eigenvalue weighted by atomic mass is 9.97. The summed E-state index contributed by atoms with van der Waals surface area (Å²) < 4.78 is 24.6. The second kappa shape index (κ2) is 14.8. The number of hydrogen-bond acceptors (Lipinski definition) is 15. The molecule has 0 bridgehead atoms. The zero-order valence-electron chi connectivity index (χ0n) is 33.9. The number of carboxylic acid groups (broad SMARTS) is 1. The van der Waals surface area contributed by atoms with Gasteiger partial charge in [0.05, 0.1) is 24.0 Å². The molecule has 320 valence electrons. The van der Waals surface area contributed by atoms with Gasteiger partial charge in [0.2, 0.25) is 5.60 Å². The van der Waals surface area contributed by atoms with Crippen molar-refractivity contribution in [1.29, 1.82) is 0 Å². The first kappa shape index (κ1) is 40.7. The summed E-state index contributed by atoms with van der Waals surface area (Å²) in [6, 6.07) is 20.7. The van der Waals surface area contributed by atoms with Crippen LogP contribution in [-0.2, 0) is 55.5 Å². The molecular formula is C44H40N4O13S. The van der Waals surface area contributed by atoms with Gasteiger partial charge in [0.1, 0.15) is 17.3 Å². The highest BCUT2D eigenvalue weighted by molar-refractivity contribution is 7.09. The predicted octanol–water partition coefficient (Wildman–Crippen LogP) is 4.82. The summed E-state index contributed by atoms with van der Waals surface area (Å²) in [4.78, 5) is 98.8. The van der Waals surface area contributed by atoms with Gasteiger partial charge in [-0.25, -0.2) is 19.4 Å². The van der Waals surface area contributed by atoms with Gasteiger partial charge in [0, 0.05) is 47.9 Å². The molecule has 1 N–H and O–H groups in total. The summed E-state index contributed by atoms with van der Waals surface area (Å²) in [6.07, 6.45) is -0.672. The predicted molar refractivity (Wildman–Crippen MR) is 214 cm³/mol. The Labute approximate surface area is 358 Å². The smallest absolute Gasteiger partial charge is 0.375 e. The Bertz CT molecular complexity index is 2530. The van der Waals surface area contributed by atoms with E-state index in [0.29, 0.717) is 27.1 Å². The van der Waals surface area contributed by atoms with Crippen LogP contribution in [0.2, 0.25) is 0 Å². The molecule has 4 aliphatic heterocycles. The third kappa shape index (κ3) is 6.92. The number of rotatable bonds is 12. The number of ketones is 1. The lowest BCUT2D eigenvalue weighted by Gasteiger charge is -2.35. The average Bonchev–Trinajstić information content (AvgIpc) is 3.58. The summed E-state index contributed by atoms with van der Waals surface area (Å²) in [5.41, 5.74) is -3.09. The largest absolute Gasteiger partial charge is 0.478 e. The van der Waals surface area contributed by atoms with Gasteiger partial charge in [0.15, 0.2) is 23.0 Å². The van der Waals surface area contributed by atoms with Crippen LogP contribution < -0.4 is 9.47 Å². The van der Waals surface area contributed by atoms with E-state index in [2.05, 4.69) is 10.1 Å². The fourth-order valence-corrected chi connectivity index (χ4v) is 8.47. The first-order valence-corrected chi connectivity index (χ1v) is 20.8. The number of carbonyl (C=O) groups excluding carboxylic acids is 5. The van der Waals surface area contributed by atoms with Gasteiger partial charge in [0.25, 0.3) is 11.8 Å². The van der Waals surface area contributed by atoms with Gasteiger partial charge in [-0.3, -0.25) is 19.2 Å². The molecular weight excluding hydrogens is 825 g/mol. The minimum absolute atomic E-state index is 0.0754. The Morgan fingerprint density at radius 2 is 1.60 bits per heavy atom. The maximum absolute atomic E-state index is 14.2. The molecule has 0 radical (unpaired) electrons. The van der Waals surface area contributed by atoms with Crippen LogP contribution in [0.5, 0.6) is 11.5 Å². The molecule has 17 nitrogen and oxygen atoms in total. The molecule has 5 aliphatic rings. The van der Waals surface area contributed by atoms with Gasteiger partial charge < -0.3 is 33.8 Å². The van der Waals surface area contributed by atoms with Crippen molar-refractivity contribution in [3.05, 3.63) is 111 Å². The van der Waals surface area contributed by atoms with Crippen molar-refractivity contribution in [3.8, 4) is 11.5 Å².